The third-order valence-corrected chi connectivity index (χ3v) is 6.85. The molecule has 0 saturated carbocycles. The normalized spacial score (nSPS) is 13.6. The average Bonchev–Trinajstić information content (AvgIpc) is 3.04. The molecule has 5 unspecified atom stereocenters. The molecule has 0 aliphatic heterocycles. The van der Waals surface area contributed by atoms with Crippen LogP contribution in [0.15, 0.2) is 0 Å². The molecule has 0 aliphatic rings. The van der Waals surface area contributed by atoms with Crippen molar-refractivity contribution in [2.45, 2.75) is 94.4 Å². The Hall–Kier alpha value is -4.38. The minimum Gasteiger partial charge on any atom is -0.550 e. The number of amides is 7. The molecule has 1 radical (unpaired) electrons. The van der Waals surface area contributed by atoms with Gasteiger partial charge in [-0.1, -0.05) is 0 Å². The fraction of sp³-hybridized carbons (Fsp3) is 0.643. The number of carbonyl (C=O) groups is 9. The Labute approximate surface area is 317 Å². The maximum atomic E-state index is 13.5. The molecular weight excluding hydrogens is 689 g/mol. The van der Waals surface area contributed by atoms with Crippen LogP contribution >= 0.6 is 0 Å². The molecule has 0 bridgehead atoms. The van der Waals surface area contributed by atoms with Gasteiger partial charge in [-0.25, -0.2) is 5.73 Å². The summed E-state index contributed by atoms with van der Waals surface area (Å²) < 4.78 is 7.06. The monoisotopic (exact) mass is 739 g/mol. The summed E-state index contributed by atoms with van der Waals surface area (Å²) in [7, 11) is 0. The van der Waals surface area contributed by atoms with Gasteiger partial charge >= 0.3 is 35.5 Å². The number of nitrogens with one attached hydrogen (secondary N) is 7. The summed E-state index contributed by atoms with van der Waals surface area (Å²) in [6, 6.07) is -7.54. The van der Waals surface area contributed by atoms with Gasteiger partial charge in [0.05, 0.1) is 13.2 Å². The Bertz CT molecular complexity index is 1290. The Morgan fingerprint density at radius 2 is 1.25 bits per heavy atom. The molecule has 23 heteroatoms. The fourth-order valence-corrected chi connectivity index (χ4v) is 4.16. The molecule has 0 aliphatic carbocycles. The number of carbonyl (C=O) groups excluding carboxylic acids is 9. The van der Waals surface area contributed by atoms with Gasteiger partial charge in [0.2, 0.25) is 41.4 Å². The minimum atomic E-state index is -1.67. The largest absolute Gasteiger partial charge is 1.00 e. The molecule has 0 heterocycles. The number of hydrogen-bond donors (Lipinski definition) is 11. The van der Waals surface area contributed by atoms with E-state index in [-0.39, 0.29) is 61.4 Å². The molecule has 0 aromatic heterocycles. The summed E-state index contributed by atoms with van der Waals surface area (Å²) in [5.41, 5.74) is 29.2. The molecule has 7 amide bonds. The smallest absolute Gasteiger partial charge is 0.550 e. The standard InChI is InChI=1S/C28H48N11O11.Na/c29-15(5-10-22(44)45)25(48)38-18(6-8-20(42)34-12-14-41)27(50)39-19(26(49)37-17(24(31)47)4-2-13-40)7-9-21(43)36-16(23(30)46)3-1-11-35-28(32)33;/h13,15-19,29,41H,1-12,14H2,(H2,30,46)(H2,31,47)(H,34,42)(H,36,43)(H,37,49)(H,38,48)(H,39,50)(H,44,45)(H4,32,33,35);/q;+1/i13T;. The second kappa shape index (κ2) is 27.4. The molecular formula is C28H48N11NaO11+. The van der Waals surface area contributed by atoms with Gasteiger partial charge in [-0.05, 0) is 44.9 Å². The number of aldehydes is 1. The first kappa shape index (κ1) is 46.6. The SMILES string of the molecule is [3H]C(=O)CCC(NC(=O)C(CCC(=O)NC(CCC[NH+]=C(N)N)C(N)=O)NC(=O)C(CCC(=O)NCCO)NC(=O)C([NH])CCC(=O)[O-])C(N)=O.[Na+]. The van der Waals surface area contributed by atoms with Gasteiger partial charge in [0.1, 0.15) is 37.8 Å². The molecule has 22 nitrogen and oxygen atoms in total. The van der Waals surface area contributed by atoms with E-state index in [4.69, 9.17) is 35.1 Å². The maximum Gasteiger partial charge on any atom is 1.00 e. The Kier molecular flexibility index (Phi) is 25.0. The molecule has 0 aromatic carbocycles. The number of aliphatic hydroxyl groups excluding tert-OH is 1. The number of hydrogen-bond acceptors (Lipinski definition) is 11. The molecule has 0 saturated heterocycles. The molecule has 0 fully saturated rings. The average molecular weight is 740 g/mol. The predicted molar refractivity (Wildman–Crippen MR) is 170 cm³/mol. The van der Waals surface area contributed by atoms with Crippen molar-refractivity contribution in [3.8, 4) is 0 Å². The van der Waals surface area contributed by atoms with E-state index in [1.54, 1.807) is 0 Å². The molecule has 0 aromatic rings. The van der Waals surface area contributed by atoms with Crippen molar-refractivity contribution < 1.29 is 89.3 Å². The van der Waals surface area contributed by atoms with Crippen LogP contribution in [0.4, 0.5) is 0 Å². The summed E-state index contributed by atoms with van der Waals surface area (Å²) in [5, 5.41) is 31.2. The number of carboxylic acid groups (broad SMARTS) is 1. The molecule has 51 heavy (non-hydrogen) atoms. The molecule has 0 rings (SSSR count). The van der Waals surface area contributed by atoms with Crippen LogP contribution in [0, 0.1) is 0 Å². The molecule has 281 valence electrons. The first-order valence-corrected chi connectivity index (χ1v) is 15.6. The topological polar surface area (TPSA) is 399 Å². The van der Waals surface area contributed by atoms with Crippen molar-refractivity contribution in [3.05, 3.63) is 0 Å². The van der Waals surface area contributed by atoms with Crippen LogP contribution in [0.3, 0.4) is 0 Å². The maximum absolute atomic E-state index is 13.5. The summed E-state index contributed by atoms with van der Waals surface area (Å²) in [6.45, 7) is -0.259. The summed E-state index contributed by atoms with van der Waals surface area (Å²) in [4.78, 5) is 113. The van der Waals surface area contributed by atoms with Crippen LogP contribution in [0.25, 0.3) is 0 Å². The fourth-order valence-electron chi connectivity index (χ4n) is 4.16. The van der Waals surface area contributed by atoms with Gasteiger partial charge < -0.3 is 57.9 Å². The minimum absolute atomic E-state index is 0. The van der Waals surface area contributed by atoms with Crippen LogP contribution in [0.5, 0.6) is 0 Å². The predicted octanol–water partition coefficient (Wildman–Crippen LogP) is -12.1. The number of aliphatic carboxylic acids is 1. The molecule has 5 atom stereocenters. The first-order chi connectivity index (χ1) is 23.9. The van der Waals surface area contributed by atoms with Crippen molar-refractivity contribution in [3.63, 3.8) is 0 Å². The van der Waals surface area contributed by atoms with Crippen LogP contribution < -0.4 is 94.9 Å². The number of rotatable bonds is 27. The van der Waals surface area contributed by atoms with E-state index in [2.05, 4.69) is 31.6 Å². The molecule has 0 spiro atoms. The zero-order valence-corrected chi connectivity index (χ0v) is 30.4. The van der Waals surface area contributed by atoms with E-state index >= 15 is 0 Å². The van der Waals surface area contributed by atoms with Crippen LogP contribution in [0.1, 0.15) is 65.6 Å². The van der Waals surface area contributed by atoms with Crippen molar-refractivity contribution in [1.29, 1.82) is 0 Å². The number of guanidine groups is 1. The van der Waals surface area contributed by atoms with Crippen molar-refractivity contribution in [1.82, 2.24) is 32.3 Å². The van der Waals surface area contributed by atoms with Crippen LogP contribution in [0.2, 0.25) is 0 Å². The summed E-state index contributed by atoms with van der Waals surface area (Å²) in [5.74, 6) is -8.25. The van der Waals surface area contributed by atoms with Gasteiger partial charge in [-0.2, -0.15) is 0 Å². The zero-order chi connectivity index (χ0) is 39.1. The number of aliphatic hydroxyl groups is 1. The number of carboxylic acids is 1. The third-order valence-electron chi connectivity index (χ3n) is 6.85. The summed E-state index contributed by atoms with van der Waals surface area (Å²) in [6.07, 6.45) is -4.45. The quantitative estimate of drug-likeness (QED) is 0.0123. The van der Waals surface area contributed by atoms with Crippen molar-refractivity contribution in [2.24, 2.45) is 22.9 Å². The first-order valence-electron chi connectivity index (χ1n) is 16.1. The second-order valence-electron chi connectivity index (χ2n) is 10.9. The van der Waals surface area contributed by atoms with E-state index in [1.165, 1.54) is 0 Å². The Morgan fingerprint density at radius 3 is 1.75 bits per heavy atom. The van der Waals surface area contributed by atoms with Crippen LogP contribution in [-0.4, -0.2) is 115 Å². The van der Waals surface area contributed by atoms with Crippen LogP contribution in [-0.2, 0) is 43.2 Å². The van der Waals surface area contributed by atoms with E-state index in [0.717, 1.165) is 0 Å². The second-order valence-corrected chi connectivity index (χ2v) is 10.9. The van der Waals surface area contributed by atoms with Gasteiger partial charge in [-0.3, -0.25) is 50.0 Å². The van der Waals surface area contributed by atoms with E-state index in [1.807, 2.05) is 0 Å². The Balaban J connectivity index is 0. The molecule has 16 N–H and O–H groups in total. The number of primary amides is 2. The van der Waals surface area contributed by atoms with Gasteiger partial charge in [-0.15, -0.1) is 0 Å². The van der Waals surface area contributed by atoms with Gasteiger partial charge in [0.15, 0.2) is 0 Å². The third kappa shape index (κ3) is 22.9. The van der Waals surface area contributed by atoms with Gasteiger partial charge in [0.25, 0.3) is 0 Å². The van der Waals surface area contributed by atoms with E-state index < -0.39 is 135 Å². The van der Waals surface area contributed by atoms with Gasteiger partial charge in [0, 0.05) is 31.8 Å². The number of nitrogens with two attached hydrogens (primary N) is 4. The summed E-state index contributed by atoms with van der Waals surface area (Å²) >= 11 is 0. The zero-order valence-electron chi connectivity index (χ0n) is 29.4. The van der Waals surface area contributed by atoms with Crippen molar-refractivity contribution >= 4 is 59.5 Å². The van der Waals surface area contributed by atoms with E-state index in [0.29, 0.717) is 6.42 Å². The van der Waals surface area contributed by atoms with Crippen molar-refractivity contribution in [2.75, 3.05) is 19.7 Å². The van der Waals surface area contributed by atoms with E-state index in [9.17, 15) is 48.3 Å². The Morgan fingerprint density at radius 1 is 0.745 bits per heavy atom.